The number of hydrogen-bond acceptors (Lipinski definition) is 1. The molecule has 0 aliphatic carbocycles. The van der Waals surface area contributed by atoms with Crippen LogP contribution in [-0.4, -0.2) is 0 Å². The first-order valence-electron chi connectivity index (χ1n) is 8.20. The monoisotopic (exact) mass is 314 g/mol. The molecule has 0 spiro atoms. The van der Waals surface area contributed by atoms with Crippen LogP contribution in [0.2, 0.25) is 0 Å². The van der Waals surface area contributed by atoms with Crippen LogP contribution in [0.5, 0.6) is 0 Å². The van der Waals surface area contributed by atoms with Gasteiger partial charge in [-0.3, -0.25) is 0 Å². The van der Waals surface area contributed by atoms with Crippen LogP contribution in [0.4, 0.5) is 0 Å². The second-order valence-corrected chi connectivity index (χ2v) is 5.98. The quantitative estimate of drug-likeness (QED) is 0.561. The largest absolute Gasteiger partial charge is 0.372 e. The average molecular weight is 314 g/mol. The van der Waals surface area contributed by atoms with Crippen LogP contribution in [0.25, 0.3) is 5.57 Å². The van der Waals surface area contributed by atoms with Gasteiger partial charge in [-0.05, 0) is 34.8 Å². The van der Waals surface area contributed by atoms with Gasteiger partial charge in [0, 0.05) is 0 Å². The van der Waals surface area contributed by atoms with Gasteiger partial charge in [0.2, 0.25) is 0 Å². The normalized spacial score (nSPS) is 10.5. The topological polar surface area (TPSA) is 9.23 Å². The maximum atomic E-state index is 5.93. The number of rotatable bonds is 6. The first-order chi connectivity index (χ1) is 11.7. The van der Waals surface area contributed by atoms with Gasteiger partial charge in [0.1, 0.15) is 0 Å². The molecule has 0 atom stereocenters. The Bertz CT molecular complexity index is 804. The lowest BCUT2D eigenvalue weighted by atomic mass is 9.94. The zero-order valence-corrected chi connectivity index (χ0v) is 14.0. The molecule has 0 saturated heterocycles. The Hall–Kier alpha value is -2.64. The van der Waals surface area contributed by atoms with E-state index in [0.29, 0.717) is 13.2 Å². The maximum Gasteiger partial charge on any atom is 0.0727 e. The van der Waals surface area contributed by atoms with Gasteiger partial charge in [0.05, 0.1) is 13.2 Å². The molecule has 1 nitrogen and oxygen atoms in total. The van der Waals surface area contributed by atoms with E-state index in [9.17, 15) is 0 Å². The van der Waals surface area contributed by atoms with Crippen molar-refractivity contribution in [3.8, 4) is 0 Å². The summed E-state index contributed by atoms with van der Waals surface area (Å²) in [5, 5.41) is 0. The highest BCUT2D eigenvalue weighted by atomic mass is 16.5. The standard InChI is InChI=1S/C23H22O/c1-18-13-14-22(17-24-16-20-9-5-3-6-10-20)23(15-18)19(2)21-11-7-4-8-12-21/h3-15H,2,16-17H2,1H3. The van der Waals surface area contributed by atoms with E-state index in [0.717, 1.165) is 16.7 Å². The van der Waals surface area contributed by atoms with Crippen LogP contribution in [0, 0.1) is 6.92 Å². The molecule has 3 aromatic carbocycles. The lowest BCUT2D eigenvalue weighted by molar-refractivity contribution is 0.107. The number of ether oxygens (including phenoxy) is 1. The predicted molar refractivity (Wildman–Crippen MR) is 101 cm³/mol. The molecule has 0 heterocycles. The molecule has 3 aromatic rings. The zero-order chi connectivity index (χ0) is 16.8. The third kappa shape index (κ3) is 4.01. The average Bonchev–Trinajstić information content (AvgIpc) is 2.64. The van der Waals surface area contributed by atoms with Gasteiger partial charge in [-0.1, -0.05) is 91.0 Å². The Labute approximate surface area is 144 Å². The molecule has 0 unspecified atom stereocenters. The van der Waals surface area contributed by atoms with E-state index in [-0.39, 0.29) is 0 Å². The van der Waals surface area contributed by atoms with Gasteiger partial charge in [-0.25, -0.2) is 0 Å². The molecule has 0 aliphatic heterocycles. The minimum Gasteiger partial charge on any atom is -0.372 e. The summed E-state index contributed by atoms with van der Waals surface area (Å²) < 4.78 is 5.93. The third-order valence-corrected chi connectivity index (χ3v) is 4.08. The fourth-order valence-electron chi connectivity index (χ4n) is 2.75. The van der Waals surface area contributed by atoms with Gasteiger partial charge in [-0.2, -0.15) is 0 Å². The molecule has 0 aliphatic rings. The Morgan fingerprint density at radius 1 is 0.833 bits per heavy atom. The predicted octanol–water partition coefficient (Wildman–Crippen LogP) is 5.77. The molecule has 0 fully saturated rings. The number of benzene rings is 3. The molecular formula is C23H22O. The lowest BCUT2D eigenvalue weighted by Gasteiger charge is -2.14. The van der Waals surface area contributed by atoms with Crippen molar-refractivity contribution in [2.45, 2.75) is 20.1 Å². The summed E-state index contributed by atoms with van der Waals surface area (Å²) in [6, 6.07) is 27.0. The Kier molecular flexibility index (Phi) is 5.25. The van der Waals surface area contributed by atoms with Gasteiger partial charge in [-0.15, -0.1) is 0 Å². The van der Waals surface area contributed by atoms with Crippen LogP contribution >= 0.6 is 0 Å². The Balaban J connectivity index is 1.77. The van der Waals surface area contributed by atoms with E-state index in [4.69, 9.17) is 4.74 Å². The van der Waals surface area contributed by atoms with Crippen molar-refractivity contribution < 1.29 is 4.74 Å². The smallest absolute Gasteiger partial charge is 0.0727 e. The third-order valence-electron chi connectivity index (χ3n) is 4.08. The van der Waals surface area contributed by atoms with Crippen LogP contribution in [0.15, 0.2) is 85.4 Å². The maximum absolute atomic E-state index is 5.93. The van der Waals surface area contributed by atoms with Crippen LogP contribution < -0.4 is 0 Å². The van der Waals surface area contributed by atoms with E-state index < -0.39 is 0 Å². The fourth-order valence-corrected chi connectivity index (χ4v) is 2.75. The highest BCUT2D eigenvalue weighted by Gasteiger charge is 2.09. The SMILES string of the molecule is C=C(c1ccccc1)c1cc(C)ccc1COCc1ccccc1. The molecule has 0 amide bonds. The highest BCUT2D eigenvalue weighted by molar-refractivity contribution is 5.80. The first-order valence-corrected chi connectivity index (χ1v) is 8.20. The van der Waals surface area contributed by atoms with Crippen molar-refractivity contribution in [2.24, 2.45) is 0 Å². The van der Waals surface area contributed by atoms with Gasteiger partial charge in [0.15, 0.2) is 0 Å². The fraction of sp³-hybridized carbons (Fsp3) is 0.130. The molecule has 3 rings (SSSR count). The lowest BCUT2D eigenvalue weighted by Crippen LogP contribution is -1.99. The van der Waals surface area contributed by atoms with Crippen LogP contribution in [0.1, 0.15) is 27.8 Å². The first kappa shape index (κ1) is 16.2. The molecule has 0 aromatic heterocycles. The van der Waals surface area contributed by atoms with E-state index in [1.807, 2.05) is 36.4 Å². The zero-order valence-electron chi connectivity index (χ0n) is 14.0. The van der Waals surface area contributed by atoms with Crippen molar-refractivity contribution in [3.05, 3.63) is 113 Å². The van der Waals surface area contributed by atoms with Gasteiger partial charge in [0.25, 0.3) is 0 Å². The highest BCUT2D eigenvalue weighted by Crippen LogP contribution is 2.26. The summed E-state index contributed by atoms with van der Waals surface area (Å²) in [7, 11) is 0. The molecule has 1 heteroatoms. The molecule has 0 saturated carbocycles. The molecule has 120 valence electrons. The summed E-state index contributed by atoms with van der Waals surface area (Å²) in [5.74, 6) is 0. The van der Waals surface area contributed by atoms with Crippen molar-refractivity contribution in [3.63, 3.8) is 0 Å². The molecule has 0 bridgehead atoms. The second kappa shape index (κ2) is 7.76. The van der Waals surface area contributed by atoms with Crippen LogP contribution in [-0.2, 0) is 18.0 Å². The molecular weight excluding hydrogens is 292 g/mol. The molecule has 0 N–H and O–H groups in total. The summed E-state index contributed by atoms with van der Waals surface area (Å²) in [6.07, 6.45) is 0. The number of aryl methyl sites for hydroxylation is 1. The summed E-state index contributed by atoms with van der Waals surface area (Å²) in [4.78, 5) is 0. The van der Waals surface area contributed by atoms with Gasteiger partial charge >= 0.3 is 0 Å². The van der Waals surface area contributed by atoms with E-state index in [2.05, 4.69) is 56.0 Å². The van der Waals surface area contributed by atoms with Crippen molar-refractivity contribution in [1.29, 1.82) is 0 Å². The van der Waals surface area contributed by atoms with E-state index in [1.165, 1.54) is 16.7 Å². The summed E-state index contributed by atoms with van der Waals surface area (Å²) >= 11 is 0. The van der Waals surface area contributed by atoms with E-state index >= 15 is 0 Å². The van der Waals surface area contributed by atoms with Crippen molar-refractivity contribution >= 4 is 5.57 Å². The number of hydrogen-bond donors (Lipinski definition) is 0. The summed E-state index contributed by atoms with van der Waals surface area (Å²) in [6.45, 7) is 7.61. The minimum atomic E-state index is 0.580. The van der Waals surface area contributed by atoms with Crippen molar-refractivity contribution in [2.75, 3.05) is 0 Å². The molecule has 24 heavy (non-hydrogen) atoms. The van der Waals surface area contributed by atoms with Gasteiger partial charge < -0.3 is 4.74 Å². The van der Waals surface area contributed by atoms with Crippen molar-refractivity contribution in [1.82, 2.24) is 0 Å². The second-order valence-electron chi connectivity index (χ2n) is 5.98. The van der Waals surface area contributed by atoms with E-state index in [1.54, 1.807) is 0 Å². The van der Waals surface area contributed by atoms with Crippen LogP contribution in [0.3, 0.4) is 0 Å². The minimum absolute atomic E-state index is 0.580. The summed E-state index contributed by atoms with van der Waals surface area (Å²) in [5.41, 5.74) is 6.94. The molecule has 0 radical (unpaired) electrons. The Morgan fingerprint density at radius 3 is 2.21 bits per heavy atom. The Morgan fingerprint density at radius 2 is 1.50 bits per heavy atom.